The van der Waals surface area contributed by atoms with Gasteiger partial charge in [0.05, 0.1) is 12.7 Å². The largest absolute Gasteiger partial charge is 0.466 e. The van der Waals surface area contributed by atoms with E-state index in [0.29, 0.717) is 19.4 Å². The Kier molecular flexibility index (Phi) is 8.24. The van der Waals surface area contributed by atoms with Gasteiger partial charge in [0.15, 0.2) is 0 Å². The molecule has 0 rings (SSSR count). The Morgan fingerprint density at radius 2 is 2.23 bits per heavy atom. The first-order chi connectivity index (χ1) is 6.20. The monoisotopic (exact) mass is 206 g/mol. The molecule has 0 bridgehead atoms. The molecule has 0 aliphatic rings. The molecule has 13 heavy (non-hydrogen) atoms. The highest BCUT2D eigenvalue weighted by atomic mass is 32.2. The van der Waals surface area contributed by atoms with E-state index in [9.17, 15) is 9.90 Å². The molecule has 0 saturated carbocycles. The van der Waals surface area contributed by atoms with Crippen molar-refractivity contribution in [1.29, 1.82) is 0 Å². The van der Waals surface area contributed by atoms with Gasteiger partial charge in [0.25, 0.3) is 0 Å². The van der Waals surface area contributed by atoms with E-state index >= 15 is 0 Å². The summed E-state index contributed by atoms with van der Waals surface area (Å²) in [6, 6.07) is 0. The zero-order chi connectivity index (χ0) is 10.1. The van der Waals surface area contributed by atoms with Crippen molar-refractivity contribution in [3.63, 3.8) is 0 Å². The van der Waals surface area contributed by atoms with Gasteiger partial charge in [-0.05, 0) is 31.8 Å². The van der Waals surface area contributed by atoms with E-state index in [1.54, 1.807) is 18.7 Å². The van der Waals surface area contributed by atoms with Gasteiger partial charge in [-0.15, -0.1) is 0 Å². The smallest absolute Gasteiger partial charge is 0.305 e. The first kappa shape index (κ1) is 12.8. The number of ether oxygens (including phenoxy) is 1. The Hall–Kier alpha value is -0.220. The molecule has 1 unspecified atom stereocenters. The third-order valence-electron chi connectivity index (χ3n) is 1.64. The van der Waals surface area contributed by atoms with E-state index in [2.05, 4.69) is 0 Å². The summed E-state index contributed by atoms with van der Waals surface area (Å²) in [4.78, 5) is 10.9. The number of aliphatic hydroxyl groups is 1. The highest BCUT2D eigenvalue weighted by molar-refractivity contribution is 7.98. The molecule has 0 saturated heterocycles. The SMILES string of the molecule is CCOC(=O)CCC(O)CCSC. The van der Waals surface area contributed by atoms with Gasteiger partial charge in [0, 0.05) is 6.42 Å². The fraction of sp³-hybridized carbons (Fsp3) is 0.889. The molecule has 0 radical (unpaired) electrons. The van der Waals surface area contributed by atoms with Gasteiger partial charge in [-0.25, -0.2) is 0 Å². The maximum Gasteiger partial charge on any atom is 0.305 e. The zero-order valence-corrected chi connectivity index (χ0v) is 9.10. The standard InChI is InChI=1S/C9H18O3S/c1-3-12-9(11)5-4-8(10)6-7-13-2/h8,10H,3-7H2,1-2H3. The Morgan fingerprint density at radius 3 is 2.77 bits per heavy atom. The van der Waals surface area contributed by atoms with Gasteiger partial charge >= 0.3 is 5.97 Å². The third kappa shape index (κ3) is 8.12. The molecule has 1 N–H and O–H groups in total. The minimum atomic E-state index is -0.364. The van der Waals surface area contributed by atoms with Crippen LogP contribution in [0, 0.1) is 0 Å². The quantitative estimate of drug-likeness (QED) is 0.640. The molecule has 0 heterocycles. The summed E-state index contributed by atoms with van der Waals surface area (Å²) in [7, 11) is 0. The number of rotatable bonds is 7. The Morgan fingerprint density at radius 1 is 1.54 bits per heavy atom. The summed E-state index contributed by atoms with van der Waals surface area (Å²) in [5.41, 5.74) is 0. The van der Waals surface area contributed by atoms with Crippen LogP contribution in [0.2, 0.25) is 0 Å². The van der Waals surface area contributed by atoms with Crippen LogP contribution in [0.3, 0.4) is 0 Å². The molecular weight excluding hydrogens is 188 g/mol. The summed E-state index contributed by atoms with van der Waals surface area (Å²) < 4.78 is 4.74. The lowest BCUT2D eigenvalue weighted by Gasteiger charge is -2.08. The second kappa shape index (κ2) is 8.38. The number of carbonyl (C=O) groups is 1. The van der Waals surface area contributed by atoms with Crippen LogP contribution in [-0.4, -0.2) is 35.8 Å². The molecule has 0 aromatic rings. The van der Waals surface area contributed by atoms with Crippen molar-refractivity contribution >= 4 is 17.7 Å². The summed E-state index contributed by atoms with van der Waals surface area (Å²) >= 11 is 1.70. The Bertz CT molecular complexity index is 139. The summed E-state index contributed by atoms with van der Waals surface area (Å²) in [5.74, 6) is 0.718. The van der Waals surface area contributed by atoms with E-state index in [-0.39, 0.29) is 12.1 Å². The highest BCUT2D eigenvalue weighted by Crippen LogP contribution is 2.06. The maximum atomic E-state index is 10.9. The van der Waals surface area contributed by atoms with Crippen LogP contribution in [0.1, 0.15) is 26.2 Å². The molecule has 0 fully saturated rings. The number of esters is 1. The predicted octanol–water partition coefficient (Wildman–Crippen LogP) is 1.44. The van der Waals surface area contributed by atoms with E-state index in [0.717, 1.165) is 12.2 Å². The first-order valence-corrected chi connectivity index (χ1v) is 5.92. The van der Waals surface area contributed by atoms with Crippen LogP contribution in [0.5, 0.6) is 0 Å². The van der Waals surface area contributed by atoms with Gasteiger partial charge < -0.3 is 9.84 Å². The van der Waals surface area contributed by atoms with E-state index in [1.807, 2.05) is 6.26 Å². The van der Waals surface area contributed by atoms with Gasteiger partial charge in [0.2, 0.25) is 0 Å². The van der Waals surface area contributed by atoms with Crippen LogP contribution in [0.4, 0.5) is 0 Å². The molecule has 0 aliphatic heterocycles. The van der Waals surface area contributed by atoms with Crippen molar-refractivity contribution in [3.8, 4) is 0 Å². The number of hydrogen-bond donors (Lipinski definition) is 1. The Labute approximate surface area is 83.9 Å². The molecule has 78 valence electrons. The lowest BCUT2D eigenvalue weighted by atomic mass is 10.1. The second-order valence-corrected chi connectivity index (χ2v) is 3.76. The zero-order valence-electron chi connectivity index (χ0n) is 8.28. The van der Waals surface area contributed by atoms with Crippen LogP contribution in [0.15, 0.2) is 0 Å². The average molecular weight is 206 g/mol. The summed E-state index contributed by atoms with van der Waals surface area (Å²) in [6.07, 6.45) is 3.22. The van der Waals surface area contributed by atoms with Gasteiger partial charge in [-0.3, -0.25) is 4.79 Å². The molecule has 0 aromatic heterocycles. The molecular formula is C9H18O3S. The average Bonchev–Trinajstić information content (AvgIpc) is 2.12. The number of aliphatic hydroxyl groups excluding tert-OH is 1. The summed E-state index contributed by atoms with van der Waals surface area (Å²) in [6.45, 7) is 2.20. The lowest BCUT2D eigenvalue weighted by molar-refractivity contribution is -0.143. The van der Waals surface area contributed by atoms with Crippen LogP contribution >= 0.6 is 11.8 Å². The molecule has 3 nitrogen and oxygen atoms in total. The Balaban J connectivity index is 3.34. The minimum absolute atomic E-state index is 0.217. The molecule has 0 amide bonds. The molecule has 0 aliphatic carbocycles. The van der Waals surface area contributed by atoms with Crippen molar-refractivity contribution in [2.24, 2.45) is 0 Å². The topological polar surface area (TPSA) is 46.5 Å². The normalized spacial score (nSPS) is 12.5. The van der Waals surface area contributed by atoms with Crippen molar-refractivity contribution in [1.82, 2.24) is 0 Å². The lowest BCUT2D eigenvalue weighted by Crippen LogP contribution is -2.12. The van der Waals surface area contributed by atoms with Crippen molar-refractivity contribution < 1.29 is 14.6 Å². The van der Waals surface area contributed by atoms with E-state index in [4.69, 9.17) is 4.74 Å². The van der Waals surface area contributed by atoms with Gasteiger partial charge in [-0.1, -0.05) is 0 Å². The number of hydrogen-bond acceptors (Lipinski definition) is 4. The van der Waals surface area contributed by atoms with Crippen LogP contribution < -0.4 is 0 Å². The minimum Gasteiger partial charge on any atom is -0.466 e. The van der Waals surface area contributed by atoms with Gasteiger partial charge in [0.1, 0.15) is 0 Å². The second-order valence-electron chi connectivity index (χ2n) is 2.78. The van der Waals surface area contributed by atoms with E-state index < -0.39 is 0 Å². The van der Waals surface area contributed by atoms with Crippen molar-refractivity contribution in [3.05, 3.63) is 0 Å². The molecule has 1 atom stereocenters. The van der Waals surface area contributed by atoms with Crippen molar-refractivity contribution in [2.45, 2.75) is 32.3 Å². The fourth-order valence-electron chi connectivity index (χ4n) is 0.916. The first-order valence-electron chi connectivity index (χ1n) is 4.53. The molecule has 0 spiro atoms. The van der Waals surface area contributed by atoms with Crippen molar-refractivity contribution in [2.75, 3.05) is 18.6 Å². The molecule has 0 aromatic carbocycles. The highest BCUT2D eigenvalue weighted by Gasteiger charge is 2.07. The van der Waals surface area contributed by atoms with Crippen LogP contribution in [0.25, 0.3) is 0 Å². The third-order valence-corrected chi connectivity index (χ3v) is 2.29. The maximum absolute atomic E-state index is 10.9. The van der Waals surface area contributed by atoms with E-state index in [1.165, 1.54) is 0 Å². The number of carbonyl (C=O) groups excluding carboxylic acids is 1. The van der Waals surface area contributed by atoms with Gasteiger partial charge in [-0.2, -0.15) is 11.8 Å². The molecule has 4 heteroatoms. The summed E-state index contributed by atoms with van der Waals surface area (Å²) in [5, 5.41) is 9.38. The van der Waals surface area contributed by atoms with Crippen LogP contribution in [-0.2, 0) is 9.53 Å². The predicted molar refractivity (Wildman–Crippen MR) is 54.9 cm³/mol. The number of thioether (sulfide) groups is 1. The fourth-order valence-corrected chi connectivity index (χ4v) is 1.42.